The van der Waals surface area contributed by atoms with Crippen molar-refractivity contribution in [3.63, 3.8) is 0 Å². The van der Waals surface area contributed by atoms with Gasteiger partial charge in [-0.1, -0.05) is 13.0 Å². The number of para-hydroxylation sites is 1. The van der Waals surface area contributed by atoms with Gasteiger partial charge in [0.1, 0.15) is 0 Å². The van der Waals surface area contributed by atoms with E-state index in [1.165, 1.54) is 18.2 Å². The van der Waals surface area contributed by atoms with Crippen LogP contribution in [0.1, 0.15) is 33.1 Å². The van der Waals surface area contributed by atoms with Gasteiger partial charge in [-0.15, -0.1) is 11.3 Å². The van der Waals surface area contributed by atoms with Gasteiger partial charge < -0.3 is 15.5 Å². The lowest BCUT2D eigenvalue weighted by atomic mass is 10.1. The fourth-order valence-electron chi connectivity index (χ4n) is 1.74. The number of phenols is 2. The number of carbonyl (C=O) groups excluding carboxylic acids is 1. The third-order valence-electron chi connectivity index (χ3n) is 2.89. The van der Waals surface area contributed by atoms with Crippen molar-refractivity contribution in [1.29, 1.82) is 0 Å². The molecule has 0 spiro atoms. The molecule has 0 aliphatic heterocycles. The van der Waals surface area contributed by atoms with Gasteiger partial charge in [-0.25, -0.2) is 4.98 Å². The molecule has 106 valence electrons. The number of aromatic hydroxyl groups is 2. The summed E-state index contributed by atoms with van der Waals surface area (Å²) >= 11 is 1.60. The number of thiazole rings is 1. The first-order valence-corrected chi connectivity index (χ1v) is 7.02. The van der Waals surface area contributed by atoms with Crippen LogP contribution in [0.2, 0.25) is 0 Å². The van der Waals surface area contributed by atoms with Crippen molar-refractivity contribution < 1.29 is 15.0 Å². The van der Waals surface area contributed by atoms with Gasteiger partial charge in [-0.05, 0) is 19.1 Å². The van der Waals surface area contributed by atoms with E-state index in [1.54, 1.807) is 17.5 Å². The number of amides is 1. The largest absolute Gasteiger partial charge is 0.504 e. The topological polar surface area (TPSA) is 82.5 Å². The van der Waals surface area contributed by atoms with Crippen LogP contribution < -0.4 is 5.32 Å². The van der Waals surface area contributed by atoms with Gasteiger partial charge in [-0.2, -0.15) is 0 Å². The van der Waals surface area contributed by atoms with Gasteiger partial charge in [0.25, 0.3) is 5.91 Å². The zero-order chi connectivity index (χ0) is 14.7. The molecule has 0 aliphatic carbocycles. The molecular weight excluding hydrogens is 276 g/mol. The second-order valence-corrected chi connectivity index (χ2v) is 5.86. The molecule has 1 amide bonds. The van der Waals surface area contributed by atoms with E-state index in [-0.39, 0.29) is 17.2 Å². The first-order chi connectivity index (χ1) is 9.49. The summed E-state index contributed by atoms with van der Waals surface area (Å²) in [6, 6.07) is 4.30. The molecule has 1 aromatic heterocycles. The highest BCUT2D eigenvalue weighted by Gasteiger charge is 2.16. The molecule has 0 aliphatic rings. The van der Waals surface area contributed by atoms with Crippen LogP contribution in [-0.4, -0.2) is 27.6 Å². The Kier molecular flexibility index (Phi) is 4.24. The van der Waals surface area contributed by atoms with E-state index in [0.29, 0.717) is 6.54 Å². The maximum atomic E-state index is 12.0. The van der Waals surface area contributed by atoms with Gasteiger partial charge in [0.15, 0.2) is 11.5 Å². The van der Waals surface area contributed by atoms with Crippen molar-refractivity contribution in [2.24, 2.45) is 0 Å². The third-order valence-corrected chi connectivity index (χ3v) is 4.03. The summed E-state index contributed by atoms with van der Waals surface area (Å²) in [6.07, 6.45) is 1.80. The van der Waals surface area contributed by atoms with Crippen molar-refractivity contribution in [2.75, 3.05) is 6.54 Å². The summed E-state index contributed by atoms with van der Waals surface area (Å²) in [5, 5.41) is 22.7. The Hall–Kier alpha value is -2.08. The molecule has 0 unspecified atom stereocenters. The lowest BCUT2D eigenvalue weighted by Gasteiger charge is -2.11. The summed E-state index contributed by atoms with van der Waals surface area (Å²) in [5.41, 5.74) is 0.0625. The minimum absolute atomic E-state index is 0.0625. The van der Waals surface area contributed by atoms with E-state index in [1.807, 2.05) is 13.8 Å². The molecule has 6 heteroatoms. The van der Waals surface area contributed by atoms with Gasteiger partial charge in [0.2, 0.25) is 0 Å². The van der Waals surface area contributed by atoms with Crippen LogP contribution in [0, 0.1) is 6.92 Å². The molecule has 1 aromatic carbocycles. The fraction of sp³-hybridized carbons (Fsp3) is 0.286. The Labute approximate surface area is 120 Å². The number of aromatic nitrogens is 1. The van der Waals surface area contributed by atoms with Gasteiger partial charge in [-0.3, -0.25) is 4.79 Å². The van der Waals surface area contributed by atoms with Crippen LogP contribution in [0.15, 0.2) is 24.4 Å². The number of phenolic OH excluding ortho intramolecular Hbond substituents is 2. The summed E-state index contributed by atoms with van der Waals surface area (Å²) in [5.74, 6) is -1.03. The molecule has 2 rings (SSSR count). The highest BCUT2D eigenvalue weighted by atomic mass is 32.1. The zero-order valence-corrected chi connectivity index (χ0v) is 12.1. The van der Waals surface area contributed by atoms with Crippen molar-refractivity contribution in [3.05, 3.63) is 39.8 Å². The number of aryl methyl sites for hydroxylation is 1. The maximum absolute atomic E-state index is 12.0. The third kappa shape index (κ3) is 3.08. The average molecular weight is 292 g/mol. The second kappa shape index (κ2) is 5.92. The summed E-state index contributed by atoms with van der Waals surface area (Å²) in [6.45, 7) is 4.37. The summed E-state index contributed by atoms with van der Waals surface area (Å²) < 4.78 is 0. The lowest BCUT2D eigenvalue weighted by molar-refractivity contribution is 0.0948. The Morgan fingerprint density at radius 3 is 2.85 bits per heavy atom. The molecule has 0 saturated heterocycles. The van der Waals surface area contributed by atoms with E-state index in [4.69, 9.17) is 0 Å². The van der Waals surface area contributed by atoms with E-state index in [0.717, 1.165) is 9.88 Å². The number of carbonyl (C=O) groups is 1. The molecule has 0 fully saturated rings. The lowest BCUT2D eigenvalue weighted by Crippen LogP contribution is -2.27. The smallest absolute Gasteiger partial charge is 0.255 e. The Morgan fingerprint density at radius 2 is 2.20 bits per heavy atom. The molecule has 0 saturated carbocycles. The number of nitrogens with zero attached hydrogens (tertiary/aromatic N) is 1. The van der Waals surface area contributed by atoms with E-state index < -0.39 is 11.7 Å². The SMILES string of the molecule is Cc1cnc([C@H](C)CNC(=O)c2cccc(O)c2O)s1. The highest BCUT2D eigenvalue weighted by Crippen LogP contribution is 2.28. The predicted octanol–water partition coefficient (Wildman–Crippen LogP) is 2.40. The zero-order valence-electron chi connectivity index (χ0n) is 11.3. The first kappa shape index (κ1) is 14.3. The van der Waals surface area contributed by atoms with Crippen molar-refractivity contribution in [3.8, 4) is 11.5 Å². The van der Waals surface area contributed by atoms with E-state index >= 15 is 0 Å². The van der Waals surface area contributed by atoms with Gasteiger partial charge in [0, 0.05) is 23.5 Å². The number of nitrogens with one attached hydrogen (secondary N) is 1. The molecule has 2 aromatic rings. The van der Waals surface area contributed by atoms with Crippen LogP contribution in [0.4, 0.5) is 0 Å². The molecule has 1 atom stereocenters. The minimum atomic E-state index is -0.418. The highest BCUT2D eigenvalue weighted by molar-refractivity contribution is 7.11. The minimum Gasteiger partial charge on any atom is -0.504 e. The van der Waals surface area contributed by atoms with Crippen molar-refractivity contribution in [2.45, 2.75) is 19.8 Å². The van der Waals surface area contributed by atoms with Crippen LogP contribution in [0.5, 0.6) is 11.5 Å². The van der Waals surface area contributed by atoms with Crippen LogP contribution in [-0.2, 0) is 0 Å². The summed E-state index contributed by atoms with van der Waals surface area (Å²) in [4.78, 5) is 17.4. The van der Waals surface area contributed by atoms with Crippen molar-refractivity contribution in [1.82, 2.24) is 10.3 Å². The number of hydrogen-bond donors (Lipinski definition) is 3. The Morgan fingerprint density at radius 1 is 1.45 bits per heavy atom. The number of benzene rings is 1. The Bertz CT molecular complexity index is 625. The number of hydrogen-bond acceptors (Lipinski definition) is 5. The molecule has 20 heavy (non-hydrogen) atoms. The molecule has 0 radical (unpaired) electrons. The maximum Gasteiger partial charge on any atom is 0.255 e. The van der Waals surface area contributed by atoms with Gasteiger partial charge in [0.05, 0.1) is 10.6 Å². The van der Waals surface area contributed by atoms with Crippen LogP contribution in [0.3, 0.4) is 0 Å². The van der Waals surface area contributed by atoms with Crippen LogP contribution >= 0.6 is 11.3 Å². The van der Waals surface area contributed by atoms with Crippen molar-refractivity contribution >= 4 is 17.2 Å². The van der Waals surface area contributed by atoms with E-state index in [9.17, 15) is 15.0 Å². The predicted molar refractivity (Wildman–Crippen MR) is 77.4 cm³/mol. The first-order valence-electron chi connectivity index (χ1n) is 6.20. The molecule has 0 bridgehead atoms. The summed E-state index contributed by atoms with van der Waals surface area (Å²) in [7, 11) is 0. The molecular formula is C14H16N2O3S. The molecule has 3 N–H and O–H groups in total. The second-order valence-electron chi connectivity index (χ2n) is 4.59. The fourth-order valence-corrected chi connectivity index (χ4v) is 2.57. The van der Waals surface area contributed by atoms with Crippen LogP contribution in [0.25, 0.3) is 0 Å². The number of rotatable bonds is 4. The standard InChI is InChI=1S/C14H16N2O3S/c1-8(14-16-7-9(2)20-14)6-15-13(19)10-4-3-5-11(17)12(10)18/h3-5,7-8,17-18H,6H2,1-2H3,(H,15,19)/t8-/m1/s1. The average Bonchev–Trinajstić information content (AvgIpc) is 2.85. The van der Waals surface area contributed by atoms with Gasteiger partial charge >= 0.3 is 0 Å². The monoisotopic (exact) mass is 292 g/mol. The quantitative estimate of drug-likeness (QED) is 0.756. The Balaban J connectivity index is 2.00. The molecule has 5 nitrogen and oxygen atoms in total. The molecule has 1 heterocycles. The van der Waals surface area contributed by atoms with E-state index in [2.05, 4.69) is 10.3 Å². The normalized spacial score (nSPS) is 12.1.